The molecule has 0 bridgehead atoms. The lowest BCUT2D eigenvalue weighted by Crippen LogP contribution is -2.46. The molecule has 1 rings (SSSR count). The first-order valence-corrected chi connectivity index (χ1v) is 6.86. The minimum atomic E-state index is -0.165. The number of halogens is 1. The van der Waals surface area contributed by atoms with Gasteiger partial charge in [0.1, 0.15) is 0 Å². The first-order valence-electron chi connectivity index (χ1n) is 6.32. The Morgan fingerprint density at radius 2 is 1.88 bits per heavy atom. The maximum absolute atomic E-state index is 12.0. The molecule has 1 fully saturated rings. The van der Waals surface area contributed by atoms with Crippen LogP contribution in [0.2, 0.25) is 0 Å². The van der Waals surface area contributed by atoms with Crippen LogP contribution in [-0.4, -0.2) is 17.3 Å². The van der Waals surface area contributed by atoms with Crippen LogP contribution in [0, 0.1) is 11.8 Å². The molecule has 0 aromatic heterocycles. The van der Waals surface area contributed by atoms with E-state index in [2.05, 4.69) is 12.2 Å². The molecular weight excluding hydrogens is 222 g/mol. The van der Waals surface area contributed by atoms with Crippen molar-refractivity contribution in [1.29, 1.82) is 0 Å². The Labute approximate surface area is 104 Å². The average Bonchev–Trinajstić information content (AvgIpc) is 2.17. The molecule has 1 amide bonds. The van der Waals surface area contributed by atoms with Crippen LogP contribution in [0.4, 0.5) is 0 Å². The molecule has 1 aliphatic rings. The minimum absolute atomic E-state index is 0.165. The minimum Gasteiger partial charge on any atom is -0.351 e. The maximum Gasteiger partial charge on any atom is 0.223 e. The van der Waals surface area contributed by atoms with Crippen LogP contribution in [-0.2, 0) is 4.79 Å². The Morgan fingerprint density at radius 1 is 1.31 bits per heavy atom. The summed E-state index contributed by atoms with van der Waals surface area (Å²) in [5.74, 6) is 1.84. The van der Waals surface area contributed by atoms with Gasteiger partial charge in [0.25, 0.3) is 0 Å². The highest BCUT2D eigenvalue weighted by Gasteiger charge is 2.28. The number of amides is 1. The number of hydrogen-bond donors (Lipinski definition) is 1. The fraction of sp³-hybridized carbons (Fsp3) is 0.923. The molecule has 0 atom stereocenters. The van der Waals surface area contributed by atoms with Crippen molar-refractivity contribution in [2.45, 2.75) is 58.4 Å². The van der Waals surface area contributed by atoms with Gasteiger partial charge in [0.05, 0.1) is 0 Å². The molecule has 1 N–H and O–H groups in total. The van der Waals surface area contributed by atoms with E-state index in [1.165, 1.54) is 12.8 Å². The van der Waals surface area contributed by atoms with Crippen molar-refractivity contribution in [1.82, 2.24) is 5.32 Å². The van der Waals surface area contributed by atoms with Crippen molar-refractivity contribution >= 4 is 17.5 Å². The number of alkyl halides is 1. The summed E-state index contributed by atoms with van der Waals surface area (Å²) in [5, 5.41) is 3.12. The molecule has 0 aliphatic heterocycles. The second kappa shape index (κ2) is 5.90. The number of carbonyl (C=O) groups is 1. The SMILES string of the molecule is CC1CCC(C(=O)NC(C)(C)CCCl)CC1. The monoisotopic (exact) mass is 245 g/mol. The molecule has 0 aromatic carbocycles. The number of hydrogen-bond acceptors (Lipinski definition) is 1. The Morgan fingerprint density at radius 3 is 2.38 bits per heavy atom. The van der Waals surface area contributed by atoms with E-state index in [4.69, 9.17) is 11.6 Å². The molecule has 0 spiro atoms. The number of carbonyl (C=O) groups excluding carboxylic acids is 1. The average molecular weight is 246 g/mol. The van der Waals surface area contributed by atoms with Crippen LogP contribution in [0.15, 0.2) is 0 Å². The predicted octanol–water partition coefficient (Wildman–Crippen LogP) is 3.34. The number of nitrogens with one attached hydrogen (secondary N) is 1. The van der Waals surface area contributed by atoms with Gasteiger partial charge in [0.15, 0.2) is 0 Å². The van der Waals surface area contributed by atoms with Gasteiger partial charge in [-0.2, -0.15) is 0 Å². The van der Waals surface area contributed by atoms with Crippen LogP contribution in [0.3, 0.4) is 0 Å². The fourth-order valence-corrected chi connectivity index (χ4v) is 2.73. The molecule has 2 nitrogen and oxygen atoms in total. The van der Waals surface area contributed by atoms with Gasteiger partial charge in [-0.1, -0.05) is 6.92 Å². The van der Waals surface area contributed by atoms with Crippen molar-refractivity contribution < 1.29 is 4.79 Å². The first-order chi connectivity index (χ1) is 7.44. The molecule has 16 heavy (non-hydrogen) atoms. The van der Waals surface area contributed by atoms with Gasteiger partial charge < -0.3 is 5.32 Å². The first kappa shape index (κ1) is 13.8. The molecule has 0 heterocycles. The smallest absolute Gasteiger partial charge is 0.223 e. The fourth-order valence-electron chi connectivity index (χ4n) is 2.26. The molecule has 0 saturated heterocycles. The molecule has 94 valence electrons. The molecule has 0 radical (unpaired) electrons. The number of rotatable bonds is 4. The molecule has 0 aromatic rings. The maximum atomic E-state index is 12.0. The van der Waals surface area contributed by atoms with Gasteiger partial charge in [0.2, 0.25) is 5.91 Å². The van der Waals surface area contributed by atoms with Crippen molar-refractivity contribution in [3.8, 4) is 0 Å². The van der Waals surface area contributed by atoms with Gasteiger partial charge in [-0.15, -0.1) is 11.6 Å². The lowest BCUT2D eigenvalue weighted by Gasteiger charge is -2.31. The lowest BCUT2D eigenvalue weighted by molar-refractivity contribution is -0.127. The highest BCUT2D eigenvalue weighted by Crippen LogP contribution is 2.28. The van der Waals surface area contributed by atoms with E-state index < -0.39 is 0 Å². The molecular formula is C13H24ClNO. The molecule has 1 saturated carbocycles. The highest BCUT2D eigenvalue weighted by molar-refractivity contribution is 6.17. The van der Waals surface area contributed by atoms with E-state index in [-0.39, 0.29) is 17.4 Å². The van der Waals surface area contributed by atoms with Crippen LogP contribution in [0.1, 0.15) is 52.9 Å². The van der Waals surface area contributed by atoms with Crippen LogP contribution in [0.5, 0.6) is 0 Å². The summed E-state index contributed by atoms with van der Waals surface area (Å²) in [5.41, 5.74) is -0.165. The zero-order valence-electron chi connectivity index (χ0n) is 10.7. The third-order valence-electron chi connectivity index (χ3n) is 3.57. The summed E-state index contributed by atoms with van der Waals surface area (Å²) in [6, 6.07) is 0. The molecule has 3 heteroatoms. The summed E-state index contributed by atoms with van der Waals surface area (Å²) < 4.78 is 0. The summed E-state index contributed by atoms with van der Waals surface area (Å²) in [6.45, 7) is 6.35. The zero-order chi connectivity index (χ0) is 12.2. The van der Waals surface area contributed by atoms with E-state index in [0.717, 1.165) is 25.2 Å². The summed E-state index contributed by atoms with van der Waals surface area (Å²) in [7, 11) is 0. The van der Waals surface area contributed by atoms with Crippen LogP contribution in [0.25, 0.3) is 0 Å². The Kier molecular flexibility index (Phi) is 5.10. The van der Waals surface area contributed by atoms with Gasteiger partial charge in [-0.3, -0.25) is 4.79 Å². The van der Waals surface area contributed by atoms with Gasteiger partial charge >= 0.3 is 0 Å². The predicted molar refractivity (Wildman–Crippen MR) is 68.7 cm³/mol. The van der Waals surface area contributed by atoms with E-state index in [1.54, 1.807) is 0 Å². The van der Waals surface area contributed by atoms with Crippen molar-refractivity contribution in [2.24, 2.45) is 11.8 Å². The van der Waals surface area contributed by atoms with Crippen molar-refractivity contribution in [2.75, 3.05) is 5.88 Å². The quantitative estimate of drug-likeness (QED) is 0.757. The third kappa shape index (κ3) is 4.32. The highest BCUT2D eigenvalue weighted by atomic mass is 35.5. The zero-order valence-corrected chi connectivity index (χ0v) is 11.4. The van der Waals surface area contributed by atoms with Crippen molar-refractivity contribution in [3.05, 3.63) is 0 Å². The topological polar surface area (TPSA) is 29.1 Å². The second-order valence-corrected chi connectivity index (χ2v) is 6.15. The van der Waals surface area contributed by atoms with Gasteiger partial charge in [-0.25, -0.2) is 0 Å². The van der Waals surface area contributed by atoms with E-state index in [0.29, 0.717) is 5.88 Å². The van der Waals surface area contributed by atoms with Crippen LogP contribution < -0.4 is 5.32 Å². The second-order valence-electron chi connectivity index (χ2n) is 5.77. The lowest BCUT2D eigenvalue weighted by atomic mass is 9.82. The van der Waals surface area contributed by atoms with Gasteiger partial charge in [-0.05, 0) is 51.9 Å². The van der Waals surface area contributed by atoms with Crippen molar-refractivity contribution in [3.63, 3.8) is 0 Å². The summed E-state index contributed by atoms with van der Waals surface area (Å²) in [6.07, 6.45) is 5.29. The Bertz CT molecular complexity index is 232. The Hall–Kier alpha value is -0.240. The summed E-state index contributed by atoms with van der Waals surface area (Å²) in [4.78, 5) is 12.0. The molecule has 1 aliphatic carbocycles. The largest absolute Gasteiger partial charge is 0.351 e. The summed E-state index contributed by atoms with van der Waals surface area (Å²) >= 11 is 5.72. The van der Waals surface area contributed by atoms with Gasteiger partial charge in [0, 0.05) is 17.3 Å². The van der Waals surface area contributed by atoms with E-state index in [9.17, 15) is 4.79 Å². The molecule has 0 unspecified atom stereocenters. The Balaban J connectivity index is 2.40. The standard InChI is InChI=1S/C13H24ClNO/c1-10-4-6-11(7-5-10)12(16)15-13(2,3)8-9-14/h10-11H,4-9H2,1-3H3,(H,15,16). The van der Waals surface area contributed by atoms with Crippen LogP contribution >= 0.6 is 11.6 Å². The van der Waals surface area contributed by atoms with E-state index >= 15 is 0 Å². The normalized spacial score (nSPS) is 26.5. The van der Waals surface area contributed by atoms with E-state index in [1.807, 2.05) is 13.8 Å². The third-order valence-corrected chi connectivity index (χ3v) is 3.76.